The average Bonchev–Trinajstić information content (AvgIpc) is 2.74. The molecule has 1 atom stereocenters. The number of hydrogen-bond donors (Lipinski definition) is 1. The molecule has 4 rings (SSSR count). The molecule has 1 aliphatic rings. The summed E-state index contributed by atoms with van der Waals surface area (Å²) in [5.41, 5.74) is 6.71. The van der Waals surface area contributed by atoms with Crippen molar-refractivity contribution in [2.45, 2.75) is 45.6 Å². The van der Waals surface area contributed by atoms with E-state index in [1.54, 1.807) is 0 Å². The van der Waals surface area contributed by atoms with Crippen LogP contribution in [0.3, 0.4) is 0 Å². The van der Waals surface area contributed by atoms with Gasteiger partial charge in [0.2, 0.25) is 0 Å². The predicted molar refractivity (Wildman–Crippen MR) is 135 cm³/mol. The zero-order chi connectivity index (χ0) is 22.0. The van der Waals surface area contributed by atoms with Crippen LogP contribution in [0, 0.1) is 0 Å². The van der Waals surface area contributed by atoms with E-state index in [1.165, 1.54) is 11.3 Å². The second-order valence-electron chi connectivity index (χ2n) is 8.89. The maximum atomic E-state index is 6.68. The summed E-state index contributed by atoms with van der Waals surface area (Å²) in [4.78, 5) is 7.14. The summed E-state index contributed by atoms with van der Waals surface area (Å²) in [7, 11) is 0. The maximum absolute atomic E-state index is 6.68. The molecular weight excluding hydrogens is 402 g/mol. The SMILES string of the molecule is CCN1c2cc(Cl)c(C=Nc3ccc(Nc4ccccc4)cc3)cc2C(C)CC1(C)C. The summed E-state index contributed by atoms with van der Waals surface area (Å²) >= 11 is 6.68. The zero-order valence-electron chi connectivity index (χ0n) is 18.7. The Kier molecular flexibility index (Phi) is 6.06. The third-order valence-electron chi connectivity index (χ3n) is 6.10. The quantitative estimate of drug-likeness (QED) is 0.415. The third-order valence-corrected chi connectivity index (χ3v) is 6.43. The van der Waals surface area contributed by atoms with Crippen molar-refractivity contribution in [3.05, 3.63) is 82.9 Å². The molecule has 0 radical (unpaired) electrons. The van der Waals surface area contributed by atoms with Crippen molar-refractivity contribution >= 4 is 40.6 Å². The number of hydrogen-bond acceptors (Lipinski definition) is 3. The first-order chi connectivity index (χ1) is 14.9. The molecule has 0 spiro atoms. The van der Waals surface area contributed by atoms with E-state index in [2.05, 4.69) is 55.0 Å². The van der Waals surface area contributed by atoms with E-state index in [0.717, 1.165) is 40.6 Å². The standard InChI is InChI=1S/C27H30ClN3/c1-5-31-26-16-25(28)20(15-24(26)19(2)17-27(31,3)4)18-29-21-11-13-23(14-12-21)30-22-9-7-6-8-10-22/h6-16,18-19,30H,5,17H2,1-4H3. The molecule has 0 amide bonds. The lowest BCUT2D eigenvalue weighted by atomic mass is 9.79. The molecule has 0 saturated carbocycles. The van der Waals surface area contributed by atoms with Gasteiger partial charge in [-0.05, 0) is 87.2 Å². The van der Waals surface area contributed by atoms with Crippen molar-refractivity contribution in [3.63, 3.8) is 0 Å². The van der Waals surface area contributed by atoms with Gasteiger partial charge >= 0.3 is 0 Å². The van der Waals surface area contributed by atoms with Crippen LogP contribution >= 0.6 is 11.6 Å². The normalized spacial score (nSPS) is 17.6. The molecule has 0 aromatic heterocycles. The smallest absolute Gasteiger partial charge is 0.0631 e. The van der Waals surface area contributed by atoms with E-state index in [9.17, 15) is 0 Å². The van der Waals surface area contributed by atoms with Gasteiger partial charge in [0.25, 0.3) is 0 Å². The fourth-order valence-electron chi connectivity index (χ4n) is 4.68. The number of aliphatic imine (C=N–C) groups is 1. The Hall–Kier alpha value is -2.78. The first-order valence-corrected chi connectivity index (χ1v) is 11.3. The van der Waals surface area contributed by atoms with E-state index in [-0.39, 0.29) is 5.54 Å². The van der Waals surface area contributed by atoms with Gasteiger partial charge in [0.15, 0.2) is 0 Å². The monoisotopic (exact) mass is 431 g/mol. The van der Waals surface area contributed by atoms with Crippen LogP contribution in [-0.4, -0.2) is 18.3 Å². The van der Waals surface area contributed by atoms with Crippen LogP contribution in [-0.2, 0) is 0 Å². The van der Waals surface area contributed by atoms with Gasteiger partial charge in [-0.15, -0.1) is 0 Å². The predicted octanol–water partition coefficient (Wildman–Crippen LogP) is 7.95. The molecule has 1 aliphatic heterocycles. The van der Waals surface area contributed by atoms with Gasteiger partial charge in [-0.2, -0.15) is 0 Å². The van der Waals surface area contributed by atoms with Gasteiger partial charge in [0.1, 0.15) is 0 Å². The molecule has 0 fully saturated rings. The van der Waals surface area contributed by atoms with Gasteiger partial charge in [0, 0.05) is 40.9 Å². The van der Waals surface area contributed by atoms with E-state index in [1.807, 2.05) is 60.8 Å². The number of nitrogens with one attached hydrogen (secondary N) is 1. The lowest BCUT2D eigenvalue weighted by Crippen LogP contribution is -2.48. The maximum Gasteiger partial charge on any atom is 0.0631 e. The van der Waals surface area contributed by atoms with Crippen molar-refractivity contribution in [2.24, 2.45) is 4.99 Å². The van der Waals surface area contributed by atoms with Crippen molar-refractivity contribution in [1.29, 1.82) is 0 Å². The third kappa shape index (κ3) is 4.62. The summed E-state index contributed by atoms with van der Waals surface area (Å²) in [5, 5.41) is 4.14. The van der Waals surface area contributed by atoms with Crippen LogP contribution in [0.5, 0.6) is 0 Å². The fourth-order valence-corrected chi connectivity index (χ4v) is 4.89. The number of halogens is 1. The lowest BCUT2D eigenvalue weighted by Gasteiger charge is -2.47. The molecule has 1 unspecified atom stereocenters. The second kappa shape index (κ2) is 8.76. The summed E-state index contributed by atoms with van der Waals surface area (Å²) in [6, 6.07) is 22.6. The van der Waals surface area contributed by atoms with Crippen LogP contribution in [0.15, 0.2) is 71.7 Å². The number of benzene rings is 3. The summed E-state index contributed by atoms with van der Waals surface area (Å²) in [5.74, 6) is 0.487. The molecule has 0 saturated heterocycles. The molecule has 3 nitrogen and oxygen atoms in total. The second-order valence-corrected chi connectivity index (χ2v) is 9.30. The molecule has 3 aromatic carbocycles. The number of para-hydroxylation sites is 1. The van der Waals surface area contributed by atoms with Crippen molar-refractivity contribution in [2.75, 3.05) is 16.8 Å². The Morgan fingerprint density at radius 1 is 1.06 bits per heavy atom. The zero-order valence-corrected chi connectivity index (χ0v) is 19.4. The molecule has 1 heterocycles. The summed E-state index contributed by atoms with van der Waals surface area (Å²) in [6.45, 7) is 10.1. The Balaban J connectivity index is 1.55. The van der Waals surface area contributed by atoms with Gasteiger partial charge in [-0.3, -0.25) is 4.99 Å². The topological polar surface area (TPSA) is 27.6 Å². The van der Waals surface area contributed by atoms with Crippen molar-refractivity contribution in [3.8, 4) is 0 Å². The fraction of sp³-hybridized carbons (Fsp3) is 0.296. The molecule has 1 N–H and O–H groups in total. The average molecular weight is 432 g/mol. The highest BCUT2D eigenvalue weighted by molar-refractivity contribution is 6.33. The van der Waals surface area contributed by atoms with E-state index >= 15 is 0 Å². The van der Waals surface area contributed by atoms with Crippen molar-refractivity contribution < 1.29 is 0 Å². The first-order valence-electron chi connectivity index (χ1n) is 10.9. The Bertz CT molecular complexity index is 1070. The largest absolute Gasteiger partial charge is 0.366 e. The van der Waals surface area contributed by atoms with E-state index < -0.39 is 0 Å². The Labute approximate surface area is 190 Å². The van der Waals surface area contributed by atoms with Gasteiger partial charge in [-0.25, -0.2) is 0 Å². The molecule has 31 heavy (non-hydrogen) atoms. The molecule has 0 bridgehead atoms. The Morgan fingerprint density at radius 2 is 1.74 bits per heavy atom. The molecule has 160 valence electrons. The van der Waals surface area contributed by atoms with Gasteiger partial charge in [0.05, 0.1) is 10.7 Å². The number of nitrogens with zero attached hydrogens (tertiary/aromatic N) is 2. The van der Waals surface area contributed by atoms with Gasteiger partial charge < -0.3 is 10.2 Å². The number of anilines is 3. The molecule has 0 aliphatic carbocycles. The van der Waals surface area contributed by atoms with Crippen LogP contribution in [0.1, 0.15) is 51.2 Å². The summed E-state index contributed by atoms with van der Waals surface area (Å²) in [6.07, 6.45) is 3.01. The molecule has 3 aromatic rings. The number of fused-ring (bicyclic) bond motifs is 1. The summed E-state index contributed by atoms with van der Waals surface area (Å²) < 4.78 is 0. The lowest BCUT2D eigenvalue weighted by molar-refractivity contribution is 0.381. The minimum Gasteiger partial charge on any atom is -0.366 e. The van der Waals surface area contributed by atoms with Crippen LogP contribution < -0.4 is 10.2 Å². The van der Waals surface area contributed by atoms with Crippen LogP contribution in [0.4, 0.5) is 22.7 Å². The highest BCUT2D eigenvalue weighted by atomic mass is 35.5. The van der Waals surface area contributed by atoms with Crippen LogP contribution in [0.25, 0.3) is 0 Å². The highest BCUT2D eigenvalue weighted by Crippen LogP contribution is 2.44. The van der Waals surface area contributed by atoms with Crippen molar-refractivity contribution in [1.82, 2.24) is 0 Å². The van der Waals surface area contributed by atoms with E-state index in [0.29, 0.717) is 5.92 Å². The number of rotatable bonds is 5. The Morgan fingerprint density at radius 3 is 2.42 bits per heavy atom. The first kappa shape index (κ1) is 21.5. The minimum absolute atomic E-state index is 0.135. The highest BCUT2D eigenvalue weighted by Gasteiger charge is 2.35. The van der Waals surface area contributed by atoms with Crippen LogP contribution in [0.2, 0.25) is 5.02 Å². The van der Waals surface area contributed by atoms with E-state index in [4.69, 9.17) is 11.6 Å². The molecule has 4 heteroatoms. The molecular formula is C27H30ClN3. The van der Waals surface area contributed by atoms with Gasteiger partial charge in [-0.1, -0.05) is 36.7 Å². The minimum atomic E-state index is 0.135.